The zero-order valence-corrected chi connectivity index (χ0v) is 22.5. The fourth-order valence-electron chi connectivity index (χ4n) is 3.98. The lowest BCUT2D eigenvalue weighted by molar-refractivity contribution is -0.192. The van der Waals surface area contributed by atoms with Crippen LogP contribution < -0.4 is 5.32 Å². The quantitative estimate of drug-likeness (QED) is 0.0925. The molecule has 0 aliphatic carbocycles. The molecule has 2 atom stereocenters. The molecule has 40 heavy (non-hydrogen) atoms. The number of hydrogen-bond donors (Lipinski definition) is 1. The number of hydrogen-bond acceptors (Lipinski definition) is 2. The smallest absolute Gasteiger partial charge is 0.340 e. The molecule has 0 spiro atoms. The SMILES string of the molecule is C=CC[C@](NC(=O)C(C)(c1ccccc1)C(F)(F)F)(/C(=C/C=C/C)N=CCCCl)c1cc(F)cc(C(F)(F)F)c1. The number of benzene rings is 2. The number of aliphatic imine (C=N–C) groups is 1. The van der Waals surface area contributed by atoms with Crippen molar-refractivity contribution in [3.05, 3.63) is 108 Å². The molecule has 0 radical (unpaired) electrons. The van der Waals surface area contributed by atoms with Gasteiger partial charge >= 0.3 is 12.4 Å². The van der Waals surface area contributed by atoms with Gasteiger partial charge in [-0.2, -0.15) is 26.3 Å². The van der Waals surface area contributed by atoms with Gasteiger partial charge in [0.1, 0.15) is 11.4 Å². The summed E-state index contributed by atoms with van der Waals surface area (Å²) >= 11 is 5.73. The van der Waals surface area contributed by atoms with Crippen LogP contribution in [0.1, 0.15) is 43.4 Å². The minimum Gasteiger partial charge on any atom is -0.340 e. The predicted molar refractivity (Wildman–Crippen MR) is 143 cm³/mol. The van der Waals surface area contributed by atoms with E-state index in [-0.39, 0.29) is 24.1 Å². The summed E-state index contributed by atoms with van der Waals surface area (Å²) in [5.41, 5.74) is -7.81. The van der Waals surface area contributed by atoms with Crippen LogP contribution in [-0.2, 0) is 21.9 Å². The van der Waals surface area contributed by atoms with E-state index in [0.717, 1.165) is 12.1 Å². The normalized spacial score (nSPS) is 16.1. The molecular formula is C29H28ClF7N2O. The first kappa shape index (κ1) is 32.8. The van der Waals surface area contributed by atoms with Gasteiger partial charge in [0, 0.05) is 12.1 Å². The number of halogens is 8. The number of nitrogens with zero attached hydrogens (tertiary/aromatic N) is 1. The Morgan fingerprint density at radius 3 is 2.17 bits per heavy atom. The van der Waals surface area contributed by atoms with Crippen molar-refractivity contribution >= 4 is 23.7 Å². The monoisotopic (exact) mass is 588 g/mol. The van der Waals surface area contributed by atoms with Crippen LogP contribution in [0.5, 0.6) is 0 Å². The van der Waals surface area contributed by atoms with Crippen molar-refractivity contribution in [1.82, 2.24) is 5.32 Å². The van der Waals surface area contributed by atoms with Gasteiger partial charge in [0.15, 0.2) is 5.41 Å². The van der Waals surface area contributed by atoms with Gasteiger partial charge in [0.05, 0.1) is 11.3 Å². The van der Waals surface area contributed by atoms with Crippen molar-refractivity contribution in [2.45, 2.75) is 50.0 Å². The fraction of sp³-hybridized carbons (Fsp3) is 0.310. The largest absolute Gasteiger partial charge is 0.416 e. The van der Waals surface area contributed by atoms with Gasteiger partial charge in [0.2, 0.25) is 5.91 Å². The Labute approximate surface area is 233 Å². The molecule has 11 heteroatoms. The first-order valence-corrected chi connectivity index (χ1v) is 12.6. The molecule has 0 aromatic heterocycles. The maximum atomic E-state index is 14.7. The third kappa shape index (κ3) is 7.21. The molecule has 1 N–H and O–H groups in total. The Balaban J connectivity index is 2.98. The Hall–Kier alpha value is -3.40. The Kier molecular flexibility index (Phi) is 10.9. The van der Waals surface area contributed by atoms with E-state index in [1.54, 1.807) is 6.92 Å². The highest BCUT2D eigenvalue weighted by atomic mass is 35.5. The molecular weight excluding hydrogens is 561 g/mol. The highest BCUT2D eigenvalue weighted by Crippen LogP contribution is 2.44. The number of nitrogens with one attached hydrogen (secondary N) is 1. The number of carbonyl (C=O) groups is 1. The summed E-state index contributed by atoms with van der Waals surface area (Å²) in [4.78, 5) is 18.0. The minimum absolute atomic E-state index is 0.111. The Morgan fingerprint density at radius 1 is 1.02 bits per heavy atom. The van der Waals surface area contributed by atoms with Crippen LogP contribution >= 0.6 is 11.6 Å². The summed E-state index contributed by atoms with van der Waals surface area (Å²) in [7, 11) is 0. The molecule has 2 rings (SSSR count). The summed E-state index contributed by atoms with van der Waals surface area (Å²) in [6.07, 6.45) is -3.62. The average Bonchev–Trinajstić information content (AvgIpc) is 2.88. The second-order valence-electron chi connectivity index (χ2n) is 8.93. The maximum Gasteiger partial charge on any atom is 0.416 e. The zero-order chi connectivity index (χ0) is 30.2. The third-order valence-electron chi connectivity index (χ3n) is 6.22. The molecule has 3 nitrogen and oxygen atoms in total. The highest BCUT2D eigenvalue weighted by Gasteiger charge is 2.59. The number of alkyl halides is 7. The van der Waals surface area contributed by atoms with Crippen molar-refractivity contribution in [1.29, 1.82) is 0 Å². The first-order chi connectivity index (χ1) is 18.7. The molecule has 0 aliphatic heterocycles. The van der Waals surface area contributed by atoms with Gasteiger partial charge in [-0.1, -0.05) is 48.6 Å². The molecule has 0 fully saturated rings. The van der Waals surface area contributed by atoms with Gasteiger partial charge < -0.3 is 5.32 Å². The first-order valence-electron chi connectivity index (χ1n) is 12.0. The molecule has 2 aromatic carbocycles. The Bertz CT molecular complexity index is 1270. The molecule has 0 saturated heterocycles. The third-order valence-corrected chi connectivity index (χ3v) is 6.44. The van der Waals surface area contributed by atoms with E-state index in [1.807, 2.05) is 0 Å². The summed E-state index contributed by atoms with van der Waals surface area (Å²) in [5.74, 6) is -2.80. The molecule has 0 bridgehead atoms. The molecule has 0 heterocycles. The van der Waals surface area contributed by atoms with E-state index in [1.165, 1.54) is 48.7 Å². The van der Waals surface area contributed by atoms with Crippen LogP contribution in [0, 0.1) is 5.82 Å². The van der Waals surface area contributed by atoms with Gasteiger partial charge in [-0.25, -0.2) is 4.39 Å². The lowest BCUT2D eigenvalue weighted by Crippen LogP contribution is -2.58. The van der Waals surface area contributed by atoms with E-state index in [9.17, 15) is 35.5 Å². The van der Waals surface area contributed by atoms with Crippen molar-refractivity contribution in [2.75, 3.05) is 5.88 Å². The van der Waals surface area contributed by atoms with Crippen LogP contribution in [0.4, 0.5) is 30.7 Å². The lowest BCUT2D eigenvalue weighted by atomic mass is 9.77. The van der Waals surface area contributed by atoms with Crippen LogP contribution in [0.2, 0.25) is 0 Å². The minimum atomic E-state index is -5.13. The molecule has 1 amide bonds. The molecule has 0 aliphatic rings. The lowest BCUT2D eigenvalue weighted by Gasteiger charge is -2.40. The Morgan fingerprint density at radius 2 is 1.65 bits per heavy atom. The number of amides is 1. The molecule has 216 valence electrons. The maximum absolute atomic E-state index is 14.7. The van der Waals surface area contributed by atoms with E-state index in [0.29, 0.717) is 19.1 Å². The van der Waals surface area contributed by atoms with Gasteiger partial charge in [0.25, 0.3) is 0 Å². The van der Waals surface area contributed by atoms with E-state index >= 15 is 0 Å². The second-order valence-corrected chi connectivity index (χ2v) is 9.31. The van der Waals surface area contributed by atoms with E-state index in [2.05, 4.69) is 16.9 Å². The predicted octanol–water partition coefficient (Wildman–Crippen LogP) is 8.41. The van der Waals surface area contributed by atoms with Crippen LogP contribution in [0.3, 0.4) is 0 Å². The summed E-state index contributed by atoms with van der Waals surface area (Å²) in [6.45, 7) is 5.87. The summed E-state index contributed by atoms with van der Waals surface area (Å²) in [6, 6.07) is 7.87. The zero-order valence-electron chi connectivity index (χ0n) is 21.7. The number of rotatable bonds is 11. The van der Waals surface area contributed by atoms with Gasteiger partial charge in [-0.3, -0.25) is 9.79 Å². The molecule has 0 saturated carbocycles. The van der Waals surface area contributed by atoms with Crippen molar-refractivity contribution in [3.63, 3.8) is 0 Å². The number of allylic oxidation sites excluding steroid dienone is 3. The van der Waals surface area contributed by atoms with Crippen molar-refractivity contribution < 1.29 is 35.5 Å². The van der Waals surface area contributed by atoms with Crippen molar-refractivity contribution in [2.24, 2.45) is 4.99 Å². The second kappa shape index (κ2) is 13.3. The summed E-state index contributed by atoms with van der Waals surface area (Å²) in [5, 5.41) is 2.32. The van der Waals surface area contributed by atoms with E-state index < -0.39 is 58.1 Å². The van der Waals surface area contributed by atoms with Crippen LogP contribution in [-0.4, -0.2) is 24.2 Å². The molecule has 2 aromatic rings. The highest BCUT2D eigenvalue weighted by molar-refractivity contribution is 6.18. The van der Waals surface area contributed by atoms with Gasteiger partial charge in [-0.15, -0.1) is 18.2 Å². The molecule has 1 unspecified atom stereocenters. The number of carbonyl (C=O) groups excluding carboxylic acids is 1. The summed E-state index contributed by atoms with van der Waals surface area (Å²) < 4.78 is 99.5. The standard InChI is InChI=1S/C29H28ClF7N2O/c1-4-6-13-24(38-16-10-15-30)27(14-5-2,21-17-22(28(32,33)34)19-23(31)18-21)39-25(40)26(3,29(35,36)37)20-11-8-7-9-12-20/h4-9,11-13,16-19H,2,10,14-15H2,1,3H3,(H,39,40)/b6-4+,24-13-,38-16?/t26?,27-/m1/s1. The fourth-order valence-corrected chi connectivity index (χ4v) is 4.08. The van der Waals surface area contributed by atoms with E-state index in [4.69, 9.17) is 11.6 Å². The average molecular weight is 589 g/mol. The van der Waals surface area contributed by atoms with Crippen molar-refractivity contribution in [3.8, 4) is 0 Å². The van der Waals surface area contributed by atoms with Crippen LogP contribution in [0.15, 0.2) is 90.1 Å². The van der Waals surface area contributed by atoms with Crippen LogP contribution in [0.25, 0.3) is 0 Å². The topological polar surface area (TPSA) is 41.5 Å². The van der Waals surface area contributed by atoms with Gasteiger partial charge in [-0.05, 0) is 62.1 Å².